The average molecular weight is 263 g/mol. The van der Waals surface area contributed by atoms with E-state index in [9.17, 15) is 5.11 Å². The fourth-order valence-corrected chi connectivity index (χ4v) is 2.19. The first-order valence-corrected chi connectivity index (χ1v) is 7.27. The van der Waals surface area contributed by atoms with Crippen molar-refractivity contribution in [3.63, 3.8) is 0 Å². The minimum atomic E-state index is -0.652. The molecule has 2 nitrogen and oxygen atoms in total. The van der Waals surface area contributed by atoms with Crippen molar-refractivity contribution in [1.82, 2.24) is 5.32 Å². The fourth-order valence-electron chi connectivity index (χ4n) is 2.19. The van der Waals surface area contributed by atoms with Crippen molar-refractivity contribution in [3.8, 4) is 0 Å². The maximum atomic E-state index is 9.72. The van der Waals surface area contributed by atoms with Gasteiger partial charge in [-0.05, 0) is 31.4 Å². The summed E-state index contributed by atoms with van der Waals surface area (Å²) >= 11 is 0. The molecular weight excluding hydrogens is 234 g/mol. The largest absolute Gasteiger partial charge is 0.389 e. The van der Waals surface area contributed by atoms with Crippen LogP contribution in [0.1, 0.15) is 52.2 Å². The van der Waals surface area contributed by atoms with Crippen LogP contribution in [-0.2, 0) is 11.8 Å². The third kappa shape index (κ3) is 5.75. The zero-order chi connectivity index (χ0) is 14.5. The summed E-state index contributed by atoms with van der Waals surface area (Å²) in [6.07, 6.45) is 2.34. The van der Waals surface area contributed by atoms with Gasteiger partial charge in [0.25, 0.3) is 0 Å². The molecular formula is C17H29NO. The lowest BCUT2D eigenvalue weighted by Crippen LogP contribution is -2.41. The summed E-state index contributed by atoms with van der Waals surface area (Å²) in [5, 5.41) is 13.1. The van der Waals surface area contributed by atoms with E-state index in [1.165, 1.54) is 17.5 Å². The third-order valence-electron chi connectivity index (χ3n) is 3.40. The van der Waals surface area contributed by atoms with Gasteiger partial charge in [0.15, 0.2) is 0 Å². The van der Waals surface area contributed by atoms with Gasteiger partial charge in [-0.2, -0.15) is 0 Å². The van der Waals surface area contributed by atoms with E-state index in [1.807, 2.05) is 13.8 Å². The Bertz CT molecular complexity index is 373. The Balaban J connectivity index is 2.60. The highest BCUT2D eigenvalue weighted by molar-refractivity contribution is 5.28. The Hall–Kier alpha value is -0.860. The lowest BCUT2D eigenvalue weighted by molar-refractivity contribution is 0.0785. The van der Waals surface area contributed by atoms with Crippen LogP contribution in [0.4, 0.5) is 0 Å². The van der Waals surface area contributed by atoms with Crippen molar-refractivity contribution in [2.24, 2.45) is 0 Å². The van der Waals surface area contributed by atoms with E-state index in [0.29, 0.717) is 6.54 Å². The number of rotatable bonds is 7. The fraction of sp³-hybridized carbons (Fsp3) is 0.647. The van der Waals surface area contributed by atoms with Crippen LogP contribution < -0.4 is 5.32 Å². The molecule has 0 aliphatic heterocycles. The molecule has 1 aromatic carbocycles. The van der Waals surface area contributed by atoms with Gasteiger partial charge in [-0.25, -0.2) is 0 Å². The van der Waals surface area contributed by atoms with Crippen molar-refractivity contribution in [1.29, 1.82) is 0 Å². The number of aliphatic hydroxyl groups is 1. The Morgan fingerprint density at radius 3 is 2.05 bits per heavy atom. The molecule has 0 atom stereocenters. The first-order chi connectivity index (χ1) is 8.74. The highest BCUT2D eigenvalue weighted by atomic mass is 16.3. The third-order valence-corrected chi connectivity index (χ3v) is 3.40. The van der Waals surface area contributed by atoms with Crippen LogP contribution in [0.15, 0.2) is 24.3 Å². The number of aryl methyl sites for hydroxylation is 1. The predicted molar refractivity (Wildman–Crippen MR) is 82.6 cm³/mol. The molecule has 19 heavy (non-hydrogen) atoms. The van der Waals surface area contributed by atoms with Crippen molar-refractivity contribution in [2.45, 2.75) is 58.5 Å². The average Bonchev–Trinajstić information content (AvgIpc) is 2.28. The van der Waals surface area contributed by atoms with Crippen molar-refractivity contribution >= 4 is 0 Å². The van der Waals surface area contributed by atoms with Gasteiger partial charge in [0.2, 0.25) is 0 Å². The lowest BCUT2D eigenvalue weighted by atomic mass is 9.84. The predicted octanol–water partition coefficient (Wildman–Crippen LogP) is 3.28. The first-order valence-electron chi connectivity index (χ1n) is 7.27. The topological polar surface area (TPSA) is 32.3 Å². The van der Waals surface area contributed by atoms with Crippen LogP contribution in [-0.4, -0.2) is 23.8 Å². The van der Waals surface area contributed by atoms with Crippen LogP contribution in [0.5, 0.6) is 0 Å². The molecule has 0 radical (unpaired) electrons. The zero-order valence-electron chi connectivity index (χ0n) is 13.1. The van der Waals surface area contributed by atoms with Gasteiger partial charge in [0.05, 0.1) is 5.60 Å². The number of benzene rings is 1. The van der Waals surface area contributed by atoms with E-state index in [-0.39, 0.29) is 5.41 Å². The second-order valence-corrected chi connectivity index (χ2v) is 6.75. The summed E-state index contributed by atoms with van der Waals surface area (Å²) in [6, 6.07) is 8.93. The highest BCUT2D eigenvalue weighted by Gasteiger charge is 2.21. The van der Waals surface area contributed by atoms with Crippen LogP contribution >= 0.6 is 0 Å². The van der Waals surface area contributed by atoms with Gasteiger partial charge in [-0.15, -0.1) is 0 Å². The van der Waals surface area contributed by atoms with E-state index in [1.54, 1.807) is 0 Å². The molecule has 1 rings (SSSR count). The molecule has 0 aromatic heterocycles. The number of nitrogens with one attached hydrogen (secondary N) is 1. The van der Waals surface area contributed by atoms with Crippen LogP contribution in [0.25, 0.3) is 0 Å². The number of hydrogen-bond acceptors (Lipinski definition) is 2. The zero-order valence-corrected chi connectivity index (χ0v) is 13.1. The van der Waals surface area contributed by atoms with Gasteiger partial charge < -0.3 is 10.4 Å². The standard InChI is InChI=1S/C17H29NO/c1-6-7-14-8-10-15(11-9-14)16(2,3)12-18-13-17(4,5)19/h8-11,18-19H,6-7,12-13H2,1-5H3. The molecule has 108 valence electrons. The van der Waals surface area contributed by atoms with E-state index in [0.717, 1.165) is 13.0 Å². The second-order valence-electron chi connectivity index (χ2n) is 6.75. The summed E-state index contributed by atoms with van der Waals surface area (Å²) in [7, 11) is 0. The lowest BCUT2D eigenvalue weighted by Gasteiger charge is -2.28. The molecule has 0 aliphatic carbocycles. The first kappa shape index (κ1) is 16.2. The smallest absolute Gasteiger partial charge is 0.0715 e. The maximum absolute atomic E-state index is 9.72. The normalized spacial score (nSPS) is 12.7. The molecule has 1 aromatic rings. The van der Waals surface area contributed by atoms with Crippen LogP contribution in [0.2, 0.25) is 0 Å². The molecule has 0 spiro atoms. The maximum Gasteiger partial charge on any atom is 0.0715 e. The molecule has 0 fully saturated rings. The Morgan fingerprint density at radius 1 is 1.00 bits per heavy atom. The van der Waals surface area contributed by atoms with E-state index >= 15 is 0 Å². The molecule has 0 unspecified atom stereocenters. The highest BCUT2D eigenvalue weighted by Crippen LogP contribution is 2.23. The summed E-state index contributed by atoms with van der Waals surface area (Å²) in [4.78, 5) is 0. The summed E-state index contributed by atoms with van der Waals surface area (Å²) < 4.78 is 0. The van der Waals surface area contributed by atoms with E-state index < -0.39 is 5.60 Å². The summed E-state index contributed by atoms with van der Waals surface area (Å²) in [5.74, 6) is 0. The Morgan fingerprint density at radius 2 is 1.58 bits per heavy atom. The van der Waals surface area contributed by atoms with Crippen LogP contribution in [0, 0.1) is 0 Å². The van der Waals surface area contributed by atoms with Crippen molar-refractivity contribution < 1.29 is 5.11 Å². The van der Waals surface area contributed by atoms with Crippen molar-refractivity contribution in [3.05, 3.63) is 35.4 Å². The van der Waals surface area contributed by atoms with Gasteiger partial charge in [-0.3, -0.25) is 0 Å². The van der Waals surface area contributed by atoms with Gasteiger partial charge in [-0.1, -0.05) is 51.5 Å². The molecule has 0 heterocycles. The Labute approximate surface area is 118 Å². The molecule has 0 amide bonds. The summed E-state index contributed by atoms with van der Waals surface area (Å²) in [6.45, 7) is 11.8. The second kappa shape index (κ2) is 6.53. The van der Waals surface area contributed by atoms with Gasteiger partial charge >= 0.3 is 0 Å². The van der Waals surface area contributed by atoms with E-state index in [2.05, 4.69) is 50.4 Å². The molecule has 0 aliphatic rings. The minimum Gasteiger partial charge on any atom is -0.389 e. The molecule has 0 saturated carbocycles. The quantitative estimate of drug-likeness (QED) is 0.791. The molecule has 2 heteroatoms. The molecule has 0 bridgehead atoms. The molecule has 0 saturated heterocycles. The van der Waals surface area contributed by atoms with Gasteiger partial charge in [0.1, 0.15) is 0 Å². The van der Waals surface area contributed by atoms with Gasteiger partial charge in [0, 0.05) is 18.5 Å². The molecule has 2 N–H and O–H groups in total. The Kier molecular flexibility index (Phi) is 5.57. The monoisotopic (exact) mass is 263 g/mol. The van der Waals surface area contributed by atoms with E-state index in [4.69, 9.17) is 0 Å². The van der Waals surface area contributed by atoms with Crippen molar-refractivity contribution in [2.75, 3.05) is 13.1 Å². The van der Waals surface area contributed by atoms with Crippen LogP contribution in [0.3, 0.4) is 0 Å². The minimum absolute atomic E-state index is 0.0794. The summed E-state index contributed by atoms with van der Waals surface area (Å²) in [5.41, 5.74) is 2.18. The SMILES string of the molecule is CCCc1ccc(C(C)(C)CNCC(C)(C)O)cc1. The number of hydrogen-bond donors (Lipinski definition) is 2.